The normalized spacial score (nSPS) is 13.6. The van der Waals surface area contributed by atoms with Gasteiger partial charge in [0.25, 0.3) is 0 Å². The average molecular weight is 541 g/mol. The van der Waals surface area contributed by atoms with Crippen molar-refractivity contribution in [2.75, 3.05) is 6.61 Å². The molecule has 0 N–H and O–H groups in total. The number of benzene rings is 3. The van der Waals surface area contributed by atoms with Crippen LogP contribution in [0.1, 0.15) is 37.3 Å². The Morgan fingerprint density at radius 2 is 1.52 bits per heavy atom. The molecule has 0 radical (unpaired) electrons. The summed E-state index contributed by atoms with van der Waals surface area (Å²) in [6.45, 7) is 13.8. The Labute approximate surface area is 232 Å². The van der Waals surface area contributed by atoms with Crippen molar-refractivity contribution in [2.24, 2.45) is 0 Å². The number of fused-ring (bicyclic) bond motifs is 1. The standard InChI is InChI=1S/C33H29FO6/c1-6-30(35)38-18-23-10-14-27-25(15-16-29(31(23)27)40-33(37)20(4)5)26-13-9-22(17-28(26)34)21-7-11-24(12-8-21)39-32(36)19(2)3/h6-9,11-13,15-17,23H,1-2,4,10,14,18H2,3,5H3. The fraction of sp³-hybridized carbons (Fsp3) is 0.182. The van der Waals surface area contributed by atoms with E-state index in [9.17, 15) is 14.4 Å². The van der Waals surface area contributed by atoms with Crippen molar-refractivity contribution < 1.29 is 33.0 Å². The van der Waals surface area contributed by atoms with E-state index >= 15 is 4.39 Å². The van der Waals surface area contributed by atoms with E-state index in [1.807, 2.05) is 6.07 Å². The molecule has 0 spiro atoms. The molecule has 1 aliphatic carbocycles. The van der Waals surface area contributed by atoms with Gasteiger partial charge in [-0.1, -0.05) is 50.1 Å². The monoisotopic (exact) mass is 540 g/mol. The second kappa shape index (κ2) is 11.9. The molecule has 4 rings (SSSR count). The van der Waals surface area contributed by atoms with Gasteiger partial charge in [-0.05, 0) is 73.2 Å². The van der Waals surface area contributed by atoms with Crippen molar-refractivity contribution in [3.8, 4) is 33.8 Å². The minimum atomic E-state index is -0.570. The van der Waals surface area contributed by atoms with Crippen molar-refractivity contribution in [2.45, 2.75) is 32.6 Å². The van der Waals surface area contributed by atoms with Gasteiger partial charge in [-0.15, -0.1) is 0 Å². The highest BCUT2D eigenvalue weighted by molar-refractivity contribution is 5.90. The van der Waals surface area contributed by atoms with Crippen LogP contribution in [0.2, 0.25) is 0 Å². The van der Waals surface area contributed by atoms with Gasteiger partial charge in [-0.2, -0.15) is 0 Å². The summed E-state index contributed by atoms with van der Waals surface area (Å²) in [4.78, 5) is 35.7. The lowest BCUT2D eigenvalue weighted by Gasteiger charge is -2.18. The largest absolute Gasteiger partial charge is 0.462 e. The first-order chi connectivity index (χ1) is 19.1. The summed E-state index contributed by atoms with van der Waals surface area (Å²) in [5, 5.41) is 0. The Bertz CT molecular complexity index is 1530. The molecule has 0 saturated heterocycles. The number of halogens is 1. The number of ether oxygens (including phenoxy) is 3. The van der Waals surface area contributed by atoms with Crippen LogP contribution in [0.5, 0.6) is 11.5 Å². The molecule has 204 valence electrons. The molecule has 3 aromatic carbocycles. The van der Waals surface area contributed by atoms with Gasteiger partial charge in [-0.25, -0.2) is 18.8 Å². The van der Waals surface area contributed by atoms with E-state index in [1.165, 1.54) is 6.07 Å². The van der Waals surface area contributed by atoms with Gasteiger partial charge in [0.2, 0.25) is 0 Å². The molecule has 3 aromatic rings. The maximum atomic E-state index is 15.6. The zero-order valence-electron chi connectivity index (χ0n) is 22.4. The summed E-state index contributed by atoms with van der Waals surface area (Å²) in [5.41, 5.74) is 4.55. The van der Waals surface area contributed by atoms with Crippen LogP contribution in [0.4, 0.5) is 4.39 Å². The molecule has 1 atom stereocenters. The molecule has 0 heterocycles. The molecule has 0 amide bonds. The molecule has 6 nitrogen and oxygen atoms in total. The molecular formula is C33H29FO6. The number of carbonyl (C=O) groups excluding carboxylic acids is 3. The number of hydrogen-bond donors (Lipinski definition) is 0. The van der Waals surface area contributed by atoms with Gasteiger partial charge in [0.1, 0.15) is 17.3 Å². The molecule has 0 aromatic heterocycles. The van der Waals surface area contributed by atoms with E-state index in [4.69, 9.17) is 14.2 Å². The second-order valence-electron chi connectivity index (χ2n) is 9.63. The Morgan fingerprint density at radius 3 is 2.15 bits per heavy atom. The summed E-state index contributed by atoms with van der Waals surface area (Å²) in [7, 11) is 0. The molecule has 0 bridgehead atoms. The lowest BCUT2D eigenvalue weighted by atomic mass is 9.92. The van der Waals surface area contributed by atoms with Gasteiger partial charge < -0.3 is 14.2 Å². The molecule has 0 aliphatic heterocycles. The highest BCUT2D eigenvalue weighted by Crippen LogP contribution is 2.45. The fourth-order valence-corrected chi connectivity index (χ4v) is 4.58. The predicted octanol–water partition coefficient (Wildman–Crippen LogP) is 6.88. The van der Waals surface area contributed by atoms with Gasteiger partial charge in [0.05, 0.1) is 6.61 Å². The Balaban J connectivity index is 1.67. The topological polar surface area (TPSA) is 78.9 Å². The fourth-order valence-electron chi connectivity index (χ4n) is 4.58. The summed E-state index contributed by atoms with van der Waals surface area (Å²) in [6, 6.07) is 15.1. The van der Waals surface area contributed by atoms with Crippen molar-refractivity contribution >= 4 is 17.9 Å². The smallest absolute Gasteiger partial charge is 0.338 e. The third kappa shape index (κ3) is 6.10. The number of hydrogen-bond acceptors (Lipinski definition) is 6. The Hall–Kier alpha value is -4.78. The van der Waals surface area contributed by atoms with Crippen LogP contribution in [-0.4, -0.2) is 24.5 Å². The Kier molecular flexibility index (Phi) is 8.43. The Morgan fingerprint density at radius 1 is 0.900 bits per heavy atom. The lowest BCUT2D eigenvalue weighted by molar-refractivity contribution is -0.138. The molecular weight excluding hydrogens is 511 g/mol. The number of carbonyl (C=O) groups is 3. The van der Waals surface area contributed by atoms with Gasteiger partial charge in [0.15, 0.2) is 0 Å². The number of esters is 3. The zero-order chi connectivity index (χ0) is 29.0. The third-order valence-electron chi connectivity index (χ3n) is 6.62. The van der Waals surface area contributed by atoms with Crippen molar-refractivity contribution in [1.82, 2.24) is 0 Å². The average Bonchev–Trinajstić information content (AvgIpc) is 3.37. The molecule has 0 fully saturated rings. The van der Waals surface area contributed by atoms with Gasteiger partial charge in [0, 0.05) is 34.3 Å². The molecule has 1 unspecified atom stereocenters. The van der Waals surface area contributed by atoms with Crippen LogP contribution in [0.3, 0.4) is 0 Å². The first-order valence-corrected chi connectivity index (χ1v) is 12.7. The van der Waals surface area contributed by atoms with E-state index in [0.717, 1.165) is 17.2 Å². The highest BCUT2D eigenvalue weighted by atomic mass is 19.1. The van der Waals surface area contributed by atoms with Crippen molar-refractivity contribution in [1.29, 1.82) is 0 Å². The molecule has 1 aliphatic rings. The molecule has 7 heteroatoms. The first-order valence-electron chi connectivity index (χ1n) is 12.7. The third-order valence-corrected chi connectivity index (χ3v) is 6.62. The quantitative estimate of drug-likeness (QED) is 0.167. The minimum Gasteiger partial charge on any atom is -0.462 e. The van der Waals surface area contributed by atoms with E-state index in [0.29, 0.717) is 52.2 Å². The molecule has 0 saturated carbocycles. The van der Waals surface area contributed by atoms with Crippen molar-refractivity contribution in [3.63, 3.8) is 0 Å². The number of rotatable bonds is 9. The van der Waals surface area contributed by atoms with Crippen LogP contribution in [-0.2, 0) is 25.5 Å². The van der Waals surface area contributed by atoms with Crippen LogP contribution in [0.25, 0.3) is 22.3 Å². The van der Waals surface area contributed by atoms with Crippen LogP contribution >= 0.6 is 0 Å². The molecule has 40 heavy (non-hydrogen) atoms. The highest BCUT2D eigenvalue weighted by Gasteiger charge is 2.31. The summed E-state index contributed by atoms with van der Waals surface area (Å²) >= 11 is 0. The maximum Gasteiger partial charge on any atom is 0.338 e. The SMILES string of the molecule is C=CC(=O)OCC1CCc2c(-c3ccc(-c4ccc(OC(=O)C(=C)C)cc4)cc3F)ccc(OC(=O)C(=C)C)c21. The van der Waals surface area contributed by atoms with E-state index in [-0.39, 0.29) is 18.1 Å². The zero-order valence-corrected chi connectivity index (χ0v) is 22.4. The summed E-state index contributed by atoms with van der Waals surface area (Å²) in [6.07, 6.45) is 2.31. The minimum absolute atomic E-state index is 0.0814. The van der Waals surface area contributed by atoms with E-state index < -0.39 is 23.7 Å². The van der Waals surface area contributed by atoms with Crippen LogP contribution in [0, 0.1) is 5.82 Å². The van der Waals surface area contributed by atoms with E-state index in [2.05, 4.69) is 19.7 Å². The second-order valence-corrected chi connectivity index (χ2v) is 9.63. The lowest BCUT2D eigenvalue weighted by Crippen LogP contribution is -2.13. The predicted molar refractivity (Wildman–Crippen MR) is 150 cm³/mol. The van der Waals surface area contributed by atoms with Crippen molar-refractivity contribution in [3.05, 3.63) is 109 Å². The van der Waals surface area contributed by atoms with E-state index in [1.54, 1.807) is 56.3 Å². The summed E-state index contributed by atoms with van der Waals surface area (Å²) in [5.74, 6) is -1.58. The van der Waals surface area contributed by atoms with Crippen LogP contribution < -0.4 is 9.47 Å². The maximum absolute atomic E-state index is 15.6. The van der Waals surface area contributed by atoms with Gasteiger partial charge >= 0.3 is 17.9 Å². The van der Waals surface area contributed by atoms with Crippen LogP contribution in [0.15, 0.2) is 91.6 Å². The summed E-state index contributed by atoms with van der Waals surface area (Å²) < 4.78 is 31.7. The first kappa shape index (κ1) is 28.2. The van der Waals surface area contributed by atoms with Gasteiger partial charge in [-0.3, -0.25) is 0 Å².